The van der Waals surface area contributed by atoms with Gasteiger partial charge in [-0.1, -0.05) is 24.3 Å². The minimum absolute atomic E-state index is 0.174. The lowest BCUT2D eigenvalue weighted by molar-refractivity contribution is 0.357. The summed E-state index contributed by atoms with van der Waals surface area (Å²) in [6.45, 7) is 2.69. The Morgan fingerprint density at radius 2 is 1.67 bits per heavy atom. The van der Waals surface area contributed by atoms with E-state index in [0.29, 0.717) is 0 Å². The molecule has 110 valence electrons. The van der Waals surface area contributed by atoms with Gasteiger partial charge in [0.1, 0.15) is 11.6 Å². The predicted octanol–water partition coefficient (Wildman–Crippen LogP) is 3.14. The lowest BCUT2D eigenvalue weighted by Crippen LogP contribution is -2.20. The minimum atomic E-state index is -0.174. The fraction of sp³-hybridized carbons (Fsp3) is 0.333. The molecule has 0 atom stereocenters. The second-order valence-corrected chi connectivity index (χ2v) is 5.42. The van der Waals surface area contributed by atoms with E-state index < -0.39 is 0 Å². The monoisotopic (exact) mass is 285 g/mol. The molecule has 0 spiro atoms. The van der Waals surface area contributed by atoms with Crippen LogP contribution in [0.4, 0.5) is 4.39 Å². The van der Waals surface area contributed by atoms with Crippen molar-refractivity contribution in [2.75, 3.05) is 19.7 Å². The SMILES string of the molecule is Fc1ccc(CCNCCc2ccc3c(c2)CCO3)cc1. The van der Waals surface area contributed by atoms with E-state index in [-0.39, 0.29) is 5.82 Å². The van der Waals surface area contributed by atoms with Crippen LogP contribution < -0.4 is 10.1 Å². The molecule has 0 aliphatic carbocycles. The third-order valence-corrected chi connectivity index (χ3v) is 3.85. The topological polar surface area (TPSA) is 21.3 Å². The molecule has 0 bridgehead atoms. The molecule has 2 nitrogen and oxygen atoms in total. The van der Waals surface area contributed by atoms with Crippen molar-refractivity contribution in [3.8, 4) is 5.75 Å². The van der Waals surface area contributed by atoms with Crippen LogP contribution in [0.15, 0.2) is 42.5 Å². The van der Waals surface area contributed by atoms with Gasteiger partial charge in [0.15, 0.2) is 0 Å². The van der Waals surface area contributed by atoms with E-state index in [2.05, 4.69) is 23.5 Å². The van der Waals surface area contributed by atoms with Gasteiger partial charge in [0.05, 0.1) is 6.61 Å². The maximum atomic E-state index is 12.8. The van der Waals surface area contributed by atoms with Crippen LogP contribution in [-0.2, 0) is 19.3 Å². The van der Waals surface area contributed by atoms with Crippen LogP contribution in [0.1, 0.15) is 16.7 Å². The smallest absolute Gasteiger partial charge is 0.123 e. The first-order valence-electron chi connectivity index (χ1n) is 7.51. The standard InChI is InChI=1S/C18H20FNO/c19-17-4-1-14(2-5-17)7-10-20-11-8-15-3-6-18-16(13-15)9-12-21-18/h1-6,13,20H,7-12H2. The number of hydrogen-bond acceptors (Lipinski definition) is 2. The quantitative estimate of drug-likeness (QED) is 0.823. The molecule has 0 saturated carbocycles. The Morgan fingerprint density at radius 3 is 2.48 bits per heavy atom. The van der Waals surface area contributed by atoms with Crippen molar-refractivity contribution in [1.82, 2.24) is 5.32 Å². The summed E-state index contributed by atoms with van der Waals surface area (Å²) in [7, 11) is 0. The molecule has 3 rings (SSSR count). The Bertz CT molecular complexity index is 595. The van der Waals surface area contributed by atoms with E-state index in [4.69, 9.17) is 4.74 Å². The van der Waals surface area contributed by atoms with Crippen LogP contribution in [0.25, 0.3) is 0 Å². The number of nitrogens with one attached hydrogen (secondary N) is 1. The van der Waals surface area contributed by atoms with Crippen LogP contribution >= 0.6 is 0 Å². The summed E-state index contributed by atoms with van der Waals surface area (Å²) in [6, 6.07) is 13.2. The second kappa shape index (κ2) is 6.72. The first-order chi connectivity index (χ1) is 10.3. The molecule has 3 heteroatoms. The van der Waals surface area contributed by atoms with Gasteiger partial charge in [-0.05, 0) is 60.8 Å². The molecule has 1 N–H and O–H groups in total. The molecule has 0 fully saturated rings. The van der Waals surface area contributed by atoms with E-state index in [1.807, 2.05) is 12.1 Å². The molecule has 1 heterocycles. The van der Waals surface area contributed by atoms with Gasteiger partial charge in [0, 0.05) is 6.42 Å². The fourth-order valence-corrected chi connectivity index (χ4v) is 2.64. The van der Waals surface area contributed by atoms with Crippen molar-refractivity contribution < 1.29 is 9.13 Å². The van der Waals surface area contributed by atoms with Crippen LogP contribution in [0, 0.1) is 5.82 Å². The maximum Gasteiger partial charge on any atom is 0.123 e. The first-order valence-corrected chi connectivity index (χ1v) is 7.51. The van der Waals surface area contributed by atoms with Gasteiger partial charge in [-0.2, -0.15) is 0 Å². The van der Waals surface area contributed by atoms with Gasteiger partial charge in [-0.15, -0.1) is 0 Å². The van der Waals surface area contributed by atoms with E-state index in [1.165, 1.54) is 28.8 Å². The molecule has 1 aliphatic heterocycles. The molecule has 2 aromatic carbocycles. The van der Waals surface area contributed by atoms with Gasteiger partial charge < -0.3 is 10.1 Å². The van der Waals surface area contributed by atoms with Crippen LogP contribution in [0.2, 0.25) is 0 Å². The normalized spacial score (nSPS) is 13.0. The van der Waals surface area contributed by atoms with Crippen molar-refractivity contribution in [1.29, 1.82) is 0 Å². The molecule has 1 aliphatic rings. The summed E-state index contributed by atoms with van der Waals surface area (Å²) in [5, 5.41) is 3.44. The molecular formula is C18H20FNO. The Labute approximate surface area is 125 Å². The molecule has 0 amide bonds. The van der Waals surface area contributed by atoms with Crippen molar-refractivity contribution in [3.63, 3.8) is 0 Å². The zero-order chi connectivity index (χ0) is 14.5. The number of fused-ring (bicyclic) bond motifs is 1. The number of rotatable bonds is 6. The maximum absolute atomic E-state index is 12.8. The summed E-state index contributed by atoms with van der Waals surface area (Å²) >= 11 is 0. The average molecular weight is 285 g/mol. The van der Waals surface area contributed by atoms with Crippen molar-refractivity contribution in [2.45, 2.75) is 19.3 Å². The third kappa shape index (κ3) is 3.82. The molecule has 2 aromatic rings. The van der Waals surface area contributed by atoms with E-state index in [0.717, 1.165) is 44.7 Å². The van der Waals surface area contributed by atoms with Gasteiger partial charge in [-0.3, -0.25) is 0 Å². The third-order valence-electron chi connectivity index (χ3n) is 3.85. The Hall–Kier alpha value is -1.87. The summed E-state index contributed by atoms with van der Waals surface area (Å²) in [4.78, 5) is 0. The van der Waals surface area contributed by atoms with Crippen molar-refractivity contribution >= 4 is 0 Å². The highest BCUT2D eigenvalue weighted by Crippen LogP contribution is 2.25. The molecule has 0 radical (unpaired) electrons. The molecule has 0 saturated heterocycles. The van der Waals surface area contributed by atoms with Crippen molar-refractivity contribution in [2.24, 2.45) is 0 Å². The van der Waals surface area contributed by atoms with Gasteiger partial charge >= 0.3 is 0 Å². The second-order valence-electron chi connectivity index (χ2n) is 5.42. The highest BCUT2D eigenvalue weighted by Gasteiger charge is 2.11. The minimum Gasteiger partial charge on any atom is -0.493 e. The average Bonchev–Trinajstić information content (AvgIpc) is 2.96. The summed E-state index contributed by atoms with van der Waals surface area (Å²) in [5.74, 6) is 0.871. The van der Waals surface area contributed by atoms with E-state index in [1.54, 1.807) is 0 Å². The van der Waals surface area contributed by atoms with Gasteiger partial charge in [-0.25, -0.2) is 4.39 Å². The lowest BCUT2D eigenvalue weighted by Gasteiger charge is -2.06. The summed E-state index contributed by atoms with van der Waals surface area (Å²) in [5.41, 5.74) is 3.85. The number of hydrogen-bond donors (Lipinski definition) is 1. The van der Waals surface area contributed by atoms with E-state index >= 15 is 0 Å². The van der Waals surface area contributed by atoms with Gasteiger partial charge in [0.2, 0.25) is 0 Å². The largest absolute Gasteiger partial charge is 0.493 e. The highest BCUT2D eigenvalue weighted by atomic mass is 19.1. The number of benzene rings is 2. The zero-order valence-corrected chi connectivity index (χ0v) is 12.1. The highest BCUT2D eigenvalue weighted by molar-refractivity contribution is 5.39. The molecule has 0 aromatic heterocycles. The van der Waals surface area contributed by atoms with Crippen LogP contribution in [-0.4, -0.2) is 19.7 Å². The Balaban J connectivity index is 1.39. The summed E-state index contributed by atoms with van der Waals surface area (Å²) in [6.07, 6.45) is 2.98. The molecule has 0 unspecified atom stereocenters. The molecular weight excluding hydrogens is 265 g/mol. The van der Waals surface area contributed by atoms with Crippen molar-refractivity contribution in [3.05, 3.63) is 65.0 Å². The van der Waals surface area contributed by atoms with Gasteiger partial charge in [0.25, 0.3) is 0 Å². The first kappa shape index (κ1) is 14.1. The fourth-order valence-electron chi connectivity index (χ4n) is 2.64. The van der Waals surface area contributed by atoms with E-state index in [9.17, 15) is 4.39 Å². The Kier molecular flexibility index (Phi) is 4.51. The lowest BCUT2D eigenvalue weighted by atomic mass is 10.1. The number of ether oxygens (including phenoxy) is 1. The zero-order valence-electron chi connectivity index (χ0n) is 12.1. The Morgan fingerprint density at radius 1 is 0.952 bits per heavy atom. The van der Waals surface area contributed by atoms with Crippen LogP contribution in [0.5, 0.6) is 5.75 Å². The molecule has 21 heavy (non-hydrogen) atoms. The van der Waals surface area contributed by atoms with Crippen LogP contribution in [0.3, 0.4) is 0 Å². The number of halogens is 1. The summed E-state index contributed by atoms with van der Waals surface area (Å²) < 4.78 is 18.3. The predicted molar refractivity (Wildman–Crippen MR) is 82.3 cm³/mol.